The van der Waals surface area contributed by atoms with Gasteiger partial charge in [0.1, 0.15) is 6.04 Å². The summed E-state index contributed by atoms with van der Waals surface area (Å²) in [7, 11) is 0. The predicted octanol–water partition coefficient (Wildman–Crippen LogP) is 2.18. The number of hydrogen-bond acceptors (Lipinski definition) is 6. The first-order valence-corrected chi connectivity index (χ1v) is 9.19. The van der Waals surface area contributed by atoms with Crippen molar-refractivity contribution in [3.05, 3.63) is 48.4 Å². The molecule has 0 radical (unpaired) electrons. The maximum Gasteiger partial charge on any atom is 0.328 e. The van der Waals surface area contributed by atoms with Gasteiger partial charge in [0.25, 0.3) is 11.8 Å². The molecule has 0 aliphatic carbocycles. The molecule has 28 heavy (non-hydrogen) atoms. The Morgan fingerprint density at radius 2 is 1.86 bits per heavy atom. The van der Waals surface area contributed by atoms with E-state index < -0.39 is 30.4 Å². The van der Waals surface area contributed by atoms with E-state index in [0.717, 1.165) is 18.8 Å². The number of carbonyl (C=O) groups excluding carboxylic acids is 3. The smallest absolute Gasteiger partial charge is 0.328 e. The van der Waals surface area contributed by atoms with Gasteiger partial charge in [0.2, 0.25) is 0 Å². The van der Waals surface area contributed by atoms with Crippen molar-refractivity contribution >= 4 is 29.2 Å². The van der Waals surface area contributed by atoms with Crippen molar-refractivity contribution in [2.24, 2.45) is 0 Å². The third-order valence-electron chi connectivity index (χ3n) is 4.41. The van der Waals surface area contributed by atoms with Crippen LogP contribution in [0.5, 0.6) is 0 Å². The van der Waals surface area contributed by atoms with E-state index in [9.17, 15) is 14.4 Å². The Labute approximate surface area is 162 Å². The summed E-state index contributed by atoms with van der Waals surface area (Å²) in [5.41, 5.74) is 1.76. The molecule has 3 rings (SSSR count). The number of furan rings is 1. The Morgan fingerprint density at radius 3 is 2.50 bits per heavy atom. The molecule has 1 aromatic heterocycles. The summed E-state index contributed by atoms with van der Waals surface area (Å²) in [6.07, 6.45) is 3.76. The average Bonchev–Trinajstić information content (AvgIpc) is 3.40. The van der Waals surface area contributed by atoms with E-state index in [4.69, 9.17) is 9.15 Å². The van der Waals surface area contributed by atoms with Gasteiger partial charge >= 0.3 is 5.97 Å². The van der Waals surface area contributed by atoms with E-state index in [2.05, 4.69) is 15.5 Å². The Hall–Kier alpha value is -3.29. The third kappa shape index (κ3) is 5.12. The number of benzene rings is 1. The molecule has 1 atom stereocenters. The molecular formula is C20H23N3O5. The van der Waals surface area contributed by atoms with Crippen molar-refractivity contribution in [1.82, 2.24) is 5.32 Å². The van der Waals surface area contributed by atoms with Gasteiger partial charge in [0.15, 0.2) is 12.4 Å². The summed E-state index contributed by atoms with van der Waals surface area (Å²) in [6, 6.07) is 9.69. The number of nitrogens with zero attached hydrogens (tertiary/aromatic N) is 1. The molecule has 1 fully saturated rings. The maximum atomic E-state index is 12.0. The van der Waals surface area contributed by atoms with Gasteiger partial charge in [-0.3, -0.25) is 9.59 Å². The molecule has 1 aliphatic rings. The predicted molar refractivity (Wildman–Crippen MR) is 103 cm³/mol. The largest absolute Gasteiger partial charge is 0.459 e. The highest BCUT2D eigenvalue weighted by Crippen LogP contribution is 2.21. The lowest BCUT2D eigenvalue weighted by atomic mass is 10.2. The van der Waals surface area contributed by atoms with Gasteiger partial charge in [-0.2, -0.15) is 0 Å². The van der Waals surface area contributed by atoms with Crippen molar-refractivity contribution in [3.8, 4) is 0 Å². The van der Waals surface area contributed by atoms with Gasteiger partial charge in [-0.1, -0.05) is 0 Å². The van der Waals surface area contributed by atoms with Crippen molar-refractivity contribution in [1.29, 1.82) is 0 Å². The topological polar surface area (TPSA) is 101 Å². The van der Waals surface area contributed by atoms with Crippen LogP contribution in [-0.2, 0) is 14.3 Å². The molecular weight excluding hydrogens is 362 g/mol. The van der Waals surface area contributed by atoms with Crippen LogP contribution in [-0.4, -0.2) is 43.5 Å². The number of hydrogen-bond donors (Lipinski definition) is 2. The van der Waals surface area contributed by atoms with Crippen molar-refractivity contribution < 1.29 is 23.5 Å². The van der Waals surface area contributed by atoms with Gasteiger partial charge in [-0.25, -0.2) is 4.79 Å². The Balaban J connectivity index is 1.41. The number of nitrogens with one attached hydrogen (secondary N) is 2. The van der Waals surface area contributed by atoms with Crippen LogP contribution in [0.4, 0.5) is 11.4 Å². The van der Waals surface area contributed by atoms with E-state index in [-0.39, 0.29) is 5.76 Å². The summed E-state index contributed by atoms with van der Waals surface area (Å²) in [5, 5.41) is 5.12. The molecule has 0 saturated carbocycles. The van der Waals surface area contributed by atoms with Gasteiger partial charge < -0.3 is 24.7 Å². The van der Waals surface area contributed by atoms with Crippen LogP contribution >= 0.6 is 0 Å². The minimum Gasteiger partial charge on any atom is -0.459 e. The highest BCUT2D eigenvalue weighted by Gasteiger charge is 2.20. The van der Waals surface area contributed by atoms with E-state index in [1.54, 1.807) is 6.07 Å². The van der Waals surface area contributed by atoms with Gasteiger partial charge in [-0.05, 0) is 56.2 Å². The molecule has 8 heteroatoms. The van der Waals surface area contributed by atoms with E-state index in [1.807, 2.05) is 24.3 Å². The van der Waals surface area contributed by atoms with Crippen molar-refractivity contribution in [2.45, 2.75) is 25.8 Å². The Bertz CT molecular complexity index is 811. The molecule has 2 aromatic rings. The first-order chi connectivity index (χ1) is 13.5. The van der Waals surface area contributed by atoms with Crippen molar-refractivity contribution in [3.63, 3.8) is 0 Å². The van der Waals surface area contributed by atoms with Crippen LogP contribution in [0.15, 0.2) is 47.1 Å². The monoisotopic (exact) mass is 385 g/mol. The standard InChI is InChI=1S/C20H23N3O5/c1-14(21-19(25)17-5-4-12-27-17)20(26)28-13-18(24)22-15-6-8-16(9-7-15)23-10-2-3-11-23/h4-9,12,14H,2-3,10-11,13H2,1H3,(H,21,25)(H,22,24)/t14-/m0/s1. The fourth-order valence-corrected chi connectivity index (χ4v) is 2.92. The highest BCUT2D eigenvalue weighted by molar-refractivity contribution is 5.95. The van der Waals surface area contributed by atoms with E-state index >= 15 is 0 Å². The number of esters is 1. The maximum absolute atomic E-state index is 12.0. The van der Waals surface area contributed by atoms with Crippen LogP contribution in [0.2, 0.25) is 0 Å². The molecule has 148 valence electrons. The highest BCUT2D eigenvalue weighted by atomic mass is 16.5. The summed E-state index contributed by atoms with van der Waals surface area (Å²) in [6.45, 7) is 3.14. The first kappa shape index (κ1) is 19.5. The van der Waals surface area contributed by atoms with Crippen molar-refractivity contribution in [2.75, 3.05) is 29.9 Å². The lowest BCUT2D eigenvalue weighted by molar-refractivity contribution is -0.148. The second-order valence-corrected chi connectivity index (χ2v) is 6.57. The third-order valence-corrected chi connectivity index (χ3v) is 4.41. The zero-order valence-corrected chi connectivity index (χ0v) is 15.6. The van der Waals surface area contributed by atoms with Crippen LogP contribution in [0.25, 0.3) is 0 Å². The molecule has 0 bridgehead atoms. The number of anilines is 2. The first-order valence-electron chi connectivity index (χ1n) is 9.19. The minimum atomic E-state index is -0.912. The van der Waals surface area contributed by atoms with Crippen LogP contribution < -0.4 is 15.5 Å². The van der Waals surface area contributed by atoms with E-state index in [1.165, 1.54) is 32.1 Å². The van der Waals surface area contributed by atoms with E-state index in [0.29, 0.717) is 5.69 Å². The number of rotatable bonds is 7. The second kappa shape index (κ2) is 9.07. The lowest BCUT2D eigenvalue weighted by Gasteiger charge is -2.17. The molecule has 2 N–H and O–H groups in total. The second-order valence-electron chi connectivity index (χ2n) is 6.57. The number of ether oxygens (including phenoxy) is 1. The molecule has 2 amide bonds. The zero-order chi connectivity index (χ0) is 19.9. The molecule has 1 aromatic carbocycles. The van der Waals surface area contributed by atoms with Gasteiger partial charge in [-0.15, -0.1) is 0 Å². The number of carbonyl (C=O) groups is 3. The Morgan fingerprint density at radius 1 is 1.14 bits per heavy atom. The molecule has 1 saturated heterocycles. The summed E-state index contributed by atoms with van der Waals surface area (Å²) < 4.78 is 9.91. The summed E-state index contributed by atoms with van der Waals surface area (Å²) in [5.74, 6) is -1.60. The molecule has 1 aliphatic heterocycles. The quantitative estimate of drug-likeness (QED) is 0.709. The van der Waals surface area contributed by atoms with Gasteiger partial charge in [0, 0.05) is 24.5 Å². The molecule has 8 nitrogen and oxygen atoms in total. The SMILES string of the molecule is C[C@H](NC(=O)c1ccco1)C(=O)OCC(=O)Nc1ccc(N2CCCC2)cc1. The zero-order valence-electron chi connectivity index (χ0n) is 15.6. The Kier molecular flexibility index (Phi) is 6.31. The lowest BCUT2D eigenvalue weighted by Crippen LogP contribution is -2.40. The average molecular weight is 385 g/mol. The molecule has 0 spiro atoms. The fourth-order valence-electron chi connectivity index (χ4n) is 2.92. The molecule has 0 unspecified atom stereocenters. The molecule has 2 heterocycles. The number of amides is 2. The fraction of sp³-hybridized carbons (Fsp3) is 0.350. The summed E-state index contributed by atoms with van der Waals surface area (Å²) in [4.78, 5) is 38.1. The van der Waals surface area contributed by atoms with Crippen LogP contribution in [0, 0.1) is 0 Å². The van der Waals surface area contributed by atoms with Gasteiger partial charge in [0.05, 0.1) is 6.26 Å². The van der Waals surface area contributed by atoms with Crippen LogP contribution in [0.1, 0.15) is 30.3 Å². The minimum absolute atomic E-state index is 0.0924. The van der Waals surface area contributed by atoms with Crippen LogP contribution in [0.3, 0.4) is 0 Å². The summed E-state index contributed by atoms with van der Waals surface area (Å²) >= 11 is 0. The normalized spacial score (nSPS) is 14.4.